The number of benzene rings is 1. The van der Waals surface area contributed by atoms with Crippen molar-refractivity contribution in [3.05, 3.63) is 36.5 Å². The maximum absolute atomic E-state index is 10.3. The highest BCUT2D eigenvalue weighted by molar-refractivity contribution is 5.95. The molecule has 0 radical (unpaired) electrons. The van der Waals surface area contributed by atoms with E-state index in [1.54, 1.807) is 18.3 Å². The topological polar surface area (TPSA) is 65.1 Å². The Labute approximate surface area is 86.2 Å². The molecule has 2 rings (SSSR count). The van der Waals surface area contributed by atoms with E-state index in [0.29, 0.717) is 17.7 Å². The largest absolute Gasteiger partial charge is 0.507 e. The summed E-state index contributed by atoms with van der Waals surface area (Å²) in [6, 6.07) is 5.15. The van der Waals surface area contributed by atoms with E-state index in [2.05, 4.69) is 16.9 Å². The van der Waals surface area contributed by atoms with Crippen LogP contribution in [0.1, 0.15) is 5.56 Å². The van der Waals surface area contributed by atoms with Gasteiger partial charge in [-0.2, -0.15) is 0 Å². The van der Waals surface area contributed by atoms with Gasteiger partial charge in [-0.05, 0) is 18.2 Å². The van der Waals surface area contributed by atoms with Gasteiger partial charge in [0.15, 0.2) is 0 Å². The second kappa shape index (κ2) is 3.49. The number of hydrogen-bond acceptors (Lipinski definition) is 2. The van der Waals surface area contributed by atoms with E-state index in [0.717, 1.165) is 10.9 Å². The van der Waals surface area contributed by atoms with Crippen molar-refractivity contribution >= 4 is 23.0 Å². The Bertz CT molecular complexity index is 528. The summed E-state index contributed by atoms with van der Waals surface area (Å²) in [6.07, 6.45) is 2.30. The summed E-state index contributed by atoms with van der Waals surface area (Å²) in [4.78, 5) is 13.3. The number of amides is 1. The molecule has 0 bridgehead atoms. The summed E-state index contributed by atoms with van der Waals surface area (Å²) < 4.78 is 0. The van der Waals surface area contributed by atoms with Crippen molar-refractivity contribution in [3.8, 4) is 5.75 Å². The average molecular weight is 202 g/mol. The van der Waals surface area contributed by atoms with E-state index >= 15 is 0 Å². The van der Waals surface area contributed by atoms with E-state index < -0.39 is 0 Å². The lowest BCUT2D eigenvalue weighted by Crippen LogP contribution is -2.07. The summed E-state index contributed by atoms with van der Waals surface area (Å²) in [7, 11) is 0. The number of phenolic OH excluding ortho intramolecular Hbond substituents is 1. The van der Waals surface area contributed by atoms with Crippen LogP contribution in [0.25, 0.3) is 16.6 Å². The number of aromatic nitrogens is 1. The maximum Gasteiger partial charge on any atom is 0.211 e. The smallest absolute Gasteiger partial charge is 0.211 e. The fraction of sp³-hybridized carbons (Fsp3) is 0. The molecule has 4 heteroatoms. The fourth-order valence-corrected chi connectivity index (χ4v) is 1.58. The molecule has 0 spiro atoms. The molecule has 0 saturated heterocycles. The van der Waals surface area contributed by atoms with E-state index in [1.165, 1.54) is 0 Å². The van der Waals surface area contributed by atoms with Crippen LogP contribution in [-0.4, -0.2) is 16.5 Å². The molecule has 1 heterocycles. The first-order valence-electron chi connectivity index (χ1n) is 4.42. The molecule has 2 aromatic rings. The van der Waals surface area contributed by atoms with Gasteiger partial charge in [-0.15, -0.1) is 0 Å². The fourth-order valence-electron chi connectivity index (χ4n) is 1.58. The highest BCUT2D eigenvalue weighted by Crippen LogP contribution is 2.30. The van der Waals surface area contributed by atoms with Crippen molar-refractivity contribution in [2.24, 2.45) is 0 Å². The zero-order chi connectivity index (χ0) is 10.8. The molecular formula is C11H10N2O2. The normalized spacial score (nSPS) is 10.1. The molecule has 0 fully saturated rings. The Hall–Kier alpha value is -2.23. The van der Waals surface area contributed by atoms with E-state index in [1.807, 2.05) is 6.07 Å². The highest BCUT2D eigenvalue weighted by atomic mass is 16.3. The van der Waals surface area contributed by atoms with E-state index in [9.17, 15) is 9.90 Å². The molecule has 76 valence electrons. The molecular weight excluding hydrogens is 192 g/mol. The number of aromatic amines is 1. The SMILES string of the molecule is C=C(NC=O)c1c(O)ccc2[nH]ccc12. The van der Waals surface area contributed by atoms with Gasteiger partial charge in [0.1, 0.15) is 5.75 Å². The van der Waals surface area contributed by atoms with E-state index in [-0.39, 0.29) is 5.75 Å². The molecule has 0 saturated carbocycles. The van der Waals surface area contributed by atoms with Crippen molar-refractivity contribution in [1.82, 2.24) is 10.3 Å². The predicted molar refractivity (Wildman–Crippen MR) is 58.2 cm³/mol. The van der Waals surface area contributed by atoms with Crippen molar-refractivity contribution in [2.45, 2.75) is 0 Å². The second-order valence-electron chi connectivity index (χ2n) is 3.14. The van der Waals surface area contributed by atoms with Gasteiger partial charge >= 0.3 is 0 Å². The molecule has 15 heavy (non-hydrogen) atoms. The van der Waals surface area contributed by atoms with Crippen LogP contribution in [-0.2, 0) is 4.79 Å². The molecule has 3 N–H and O–H groups in total. The number of aromatic hydroxyl groups is 1. The lowest BCUT2D eigenvalue weighted by atomic mass is 10.1. The predicted octanol–water partition coefficient (Wildman–Crippen LogP) is 1.59. The average Bonchev–Trinajstić information content (AvgIpc) is 2.65. The third kappa shape index (κ3) is 1.46. The van der Waals surface area contributed by atoms with Crippen LogP contribution < -0.4 is 5.32 Å². The Morgan fingerprint density at radius 2 is 2.27 bits per heavy atom. The number of rotatable bonds is 3. The van der Waals surface area contributed by atoms with Crippen molar-refractivity contribution < 1.29 is 9.90 Å². The quantitative estimate of drug-likeness (QED) is 0.662. The van der Waals surface area contributed by atoms with Crippen LogP contribution in [0.15, 0.2) is 31.0 Å². The Kier molecular flexibility index (Phi) is 2.17. The minimum atomic E-state index is 0.0986. The third-order valence-corrected chi connectivity index (χ3v) is 2.25. The molecule has 0 aliphatic heterocycles. The molecule has 0 aliphatic rings. The molecule has 1 aromatic heterocycles. The lowest BCUT2D eigenvalue weighted by molar-refractivity contribution is -0.108. The zero-order valence-corrected chi connectivity index (χ0v) is 7.95. The van der Waals surface area contributed by atoms with Gasteiger partial charge in [0, 0.05) is 28.4 Å². The van der Waals surface area contributed by atoms with Crippen molar-refractivity contribution in [3.63, 3.8) is 0 Å². The third-order valence-electron chi connectivity index (χ3n) is 2.25. The zero-order valence-electron chi connectivity index (χ0n) is 7.95. The molecule has 1 amide bonds. The minimum Gasteiger partial charge on any atom is -0.507 e. The van der Waals surface area contributed by atoms with Gasteiger partial charge in [0.05, 0.1) is 0 Å². The van der Waals surface area contributed by atoms with Gasteiger partial charge < -0.3 is 15.4 Å². The van der Waals surface area contributed by atoms with Gasteiger partial charge in [0.25, 0.3) is 0 Å². The molecule has 0 unspecified atom stereocenters. The first-order valence-corrected chi connectivity index (χ1v) is 4.42. The molecule has 1 aromatic carbocycles. The van der Waals surface area contributed by atoms with E-state index in [4.69, 9.17) is 0 Å². The number of H-pyrrole nitrogens is 1. The van der Waals surface area contributed by atoms with Gasteiger partial charge in [-0.25, -0.2) is 0 Å². The van der Waals surface area contributed by atoms with Gasteiger partial charge in [-0.3, -0.25) is 4.79 Å². The Balaban J connectivity index is 2.65. The second-order valence-corrected chi connectivity index (χ2v) is 3.14. The molecule has 4 nitrogen and oxygen atoms in total. The van der Waals surface area contributed by atoms with Crippen LogP contribution in [0.5, 0.6) is 5.75 Å². The summed E-state index contributed by atoms with van der Waals surface area (Å²) in [6.45, 7) is 3.69. The van der Waals surface area contributed by atoms with Gasteiger partial charge in [0.2, 0.25) is 6.41 Å². The Morgan fingerprint density at radius 3 is 3.00 bits per heavy atom. The van der Waals surface area contributed by atoms with Crippen LogP contribution in [0.2, 0.25) is 0 Å². The van der Waals surface area contributed by atoms with Crippen molar-refractivity contribution in [2.75, 3.05) is 0 Å². The van der Waals surface area contributed by atoms with Crippen LogP contribution in [0.3, 0.4) is 0 Å². The maximum atomic E-state index is 10.3. The lowest BCUT2D eigenvalue weighted by Gasteiger charge is -2.08. The molecule has 0 atom stereocenters. The summed E-state index contributed by atoms with van der Waals surface area (Å²) in [5.74, 6) is 0.0986. The number of carbonyl (C=O) groups excluding carboxylic acids is 1. The Morgan fingerprint density at radius 1 is 1.47 bits per heavy atom. The van der Waals surface area contributed by atoms with Crippen molar-refractivity contribution in [1.29, 1.82) is 0 Å². The number of nitrogens with one attached hydrogen (secondary N) is 2. The summed E-state index contributed by atoms with van der Waals surface area (Å²) >= 11 is 0. The number of phenols is 1. The first kappa shape index (κ1) is 9.33. The van der Waals surface area contributed by atoms with Crippen LogP contribution in [0, 0.1) is 0 Å². The number of hydrogen-bond donors (Lipinski definition) is 3. The number of fused-ring (bicyclic) bond motifs is 1. The standard InChI is InChI=1S/C11H10N2O2/c1-7(13-6-14)11-8-4-5-12-9(8)2-3-10(11)15/h2-6,12,15H,1H2,(H,13,14). The van der Waals surface area contributed by atoms with Gasteiger partial charge in [-0.1, -0.05) is 6.58 Å². The minimum absolute atomic E-state index is 0.0986. The number of carbonyl (C=O) groups is 1. The summed E-state index contributed by atoms with van der Waals surface area (Å²) in [5, 5.41) is 13.0. The first-order chi connectivity index (χ1) is 7.24. The monoisotopic (exact) mass is 202 g/mol. The highest BCUT2D eigenvalue weighted by Gasteiger charge is 2.10. The summed E-state index contributed by atoms with van der Waals surface area (Å²) in [5.41, 5.74) is 1.81. The van der Waals surface area contributed by atoms with Crippen LogP contribution in [0.4, 0.5) is 0 Å². The van der Waals surface area contributed by atoms with Crippen LogP contribution >= 0.6 is 0 Å². The molecule has 0 aliphatic carbocycles.